The predicted molar refractivity (Wildman–Crippen MR) is 73.9 cm³/mol. The molecular formula is C14H24N4O. The van der Waals surface area contributed by atoms with Gasteiger partial charge in [-0.1, -0.05) is 6.92 Å². The quantitative estimate of drug-likeness (QED) is 0.827. The second-order valence-electron chi connectivity index (χ2n) is 5.54. The van der Waals surface area contributed by atoms with E-state index < -0.39 is 0 Å². The van der Waals surface area contributed by atoms with Crippen molar-refractivity contribution in [1.82, 2.24) is 19.8 Å². The lowest BCUT2D eigenvalue weighted by Crippen LogP contribution is -2.44. The molecule has 1 N–H and O–H groups in total. The van der Waals surface area contributed by atoms with E-state index in [1.54, 1.807) is 0 Å². The maximum atomic E-state index is 5.87. The minimum atomic E-state index is 0.294. The van der Waals surface area contributed by atoms with Crippen LogP contribution in [-0.2, 0) is 17.8 Å². The minimum Gasteiger partial charge on any atom is -0.374 e. The number of likely N-dealkylation sites (N-methyl/N-ethyl adjacent to an activating group) is 1. The summed E-state index contributed by atoms with van der Waals surface area (Å²) in [4.78, 5) is 6.90. The topological polar surface area (TPSA) is 42.3 Å². The molecule has 19 heavy (non-hydrogen) atoms. The van der Waals surface area contributed by atoms with Gasteiger partial charge in [-0.25, -0.2) is 4.98 Å². The van der Waals surface area contributed by atoms with Crippen LogP contribution in [0.3, 0.4) is 0 Å². The van der Waals surface area contributed by atoms with E-state index in [1.807, 2.05) is 6.20 Å². The van der Waals surface area contributed by atoms with Gasteiger partial charge in [0.25, 0.3) is 0 Å². The predicted octanol–water partition coefficient (Wildman–Crippen LogP) is 0.856. The molecule has 3 rings (SSSR count). The number of ether oxygens (including phenoxy) is 1. The maximum Gasteiger partial charge on any atom is 0.122 e. The summed E-state index contributed by atoms with van der Waals surface area (Å²) in [5.41, 5.74) is 0. The van der Waals surface area contributed by atoms with E-state index in [4.69, 9.17) is 4.74 Å². The van der Waals surface area contributed by atoms with Crippen molar-refractivity contribution in [2.45, 2.75) is 45.0 Å². The van der Waals surface area contributed by atoms with Gasteiger partial charge >= 0.3 is 0 Å². The Kier molecular flexibility index (Phi) is 4.15. The van der Waals surface area contributed by atoms with Crippen molar-refractivity contribution in [1.29, 1.82) is 0 Å². The molecule has 1 aliphatic carbocycles. The van der Waals surface area contributed by atoms with Crippen molar-refractivity contribution in [2.24, 2.45) is 0 Å². The van der Waals surface area contributed by atoms with Gasteiger partial charge in [-0.3, -0.25) is 4.90 Å². The highest BCUT2D eigenvalue weighted by molar-refractivity contribution is 4.95. The van der Waals surface area contributed by atoms with Crippen LogP contribution in [0.5, 0.6) is 0 Å². The summed E-state index contributed by atoms with van der Waals surface area (Å²) in [6, 6.07) is 0.728. The third-order valence-corrected chi connectivity index (χ3v) is 4.00. The number of nitrogens with zero attached hydrogens (tertiary/aromatic N) is 3. The molecule has 1 saturated carbocycles. The molecule has 2 fully saturated rings. The minimum absolute atomic E-state index is 0.294. The van der Waals surface area contributed by atoms with Crippen LogP contribution >= 0.6 is 0 Å². The van der Waals surface area contributed by atoms with Crippen LogP contribution in [0, 0.1) is 0 Å². The number of morpholine rings is 1. The fraction of sp³-hybridized carbons (Fsp3) is 0.786. The van der Waals surface area contributed by atoms with Crippen LogP contribution in [0.25, 0.3) is 0 Å². The Morgan fingerprint density at radius 2 is 2.37 bits per heavy atom. The van der Waals surface area contributed by atoms with Crippen molar-refractivity contribution >= 4 is 0 Å². The van der Waals surface area contributed by atoms with Gasteiger partial charge in [0.2, 0.25) is 0 Å². The van der Waals surface area contributed by atoms with E-state index >= 15 is 0 Å². The molecule has 0 amide bonds. The van der Waals surface area contributed by atoms with E-state index in [2.05, 4.69) is 32.9 Å². The average molecular weight is 264 g/mol. The van der Waals surface area contributed by atoms with Gasteiger partial charge in [0.05, 0.1) is 25.8 Å². The van der Waals surface area contributed by atoms with Crippen molar-refractivity contribution < 1.29 is 4.74 Å². The fourth-order valence-electron chi connectivity index (χ4n) is 2.59. The van der Waals surface area contributed by atoms with Crippen LogP contribution < -0.4 is 5.32 Å². The summed E-state index contributed by atoms with van der Waals surface area (Å²) >= 11 is 0. The summed E-state index contributed by atoms with van der Waals surface area (Å²) in [6.45, 7) is 8.06. The van der Waals surface area contributed by atoms with Gasteiger partial charge in [-0.15, -0.1) is 0 Å². The zero-order valence-electron chi connectivity index (χ0n) is 11.7. The van der Waals surface area contributed by atoms with Gasteiger partial charge in [0.1, 0.15) is 5.82 Å². The molecule has 5 nitrogen and oxygen atoms in total. The molecule has 0 spiro atoms. The standard InChI is InChI=1S/C14H24N4O/c1-2-17-7-8-19-13(10-17)11-18-6-5-15-14(18)9-16-12-3-4-12/h5-6,12-13,16H,2-4,7-11H2,1H3. The summed E-state index contributed by atoms with van der Waals surface area (Å²) in [5, 5.41) is 3.52. The van der Waals surface area contributed by atoms with Crippen LogP contribution in [0.2, 0.25) is 0 Å². The molecule has 106 valence electrons. The number of aromatic nitrogens is 2. The SMILES string of the molecule is CCN1CCOC(Cn2ccnc2CNC2CC2)C1. The van der Waals surface area contributed by atoms with Crippen LogP contribution in [-0.4, -0.2) is 52.8 Å². The monoisotopic (exact) mass is 264 g/mol. The maximum absolute atomic E-state index is 5.87. The fourth-order valence-corrected chi connectivity index (χ4v) is 2.59. The van der Waals surface area contributed by atoms with Gasteiger partial charge in [-0.05, 0) is 19.4 Å². The summed E-state index contributed by atoms with van der Waals surface area (Å²) in [6.07, 6.45) is 6.89. The lowest BCUT2D eigenvalue weighted by molar-refractivity contribution is -0.0346. The Hall–Kier alpha value is -0.910. The molecule has 1 aromatic heterocycles. The molecule has 1 aliphatic heterocycles. The molecule has 0 aromatic carbocycles. The zero-order valence-corrected chi connectivity index (χ0v) is 11.7. The summed E-state index contributed by atoms with van der Waals surface area (Å²) < 4.78 is 8.10. The number of nitrogens with one attached hydrogen (secondary N) is 1. The molecule has 1 atom stereocenters. The van der Waals surface area contributed by atoms with E-state index in [9.17, 15) is 0 Å². The first kappa shape index (κ1) is 13.1. The highest BCUT2D eigenvalue weighted by Crippen LogP contribution is 2.19. The molecule has 1 aromatic rings. The van der Waals surface area contributed by atoms with Crippen molar-refractivity contribution in [3.05, 3.63) is 18.2 Å². The molecule has 1 unspecified atom stereocenters. The van der Waals surface area contributed by atoms with Crippen molar-refractivity contribution in [3.63, 3.8) is 0 Å². The number of rotatable bonds is 6. The molecule has 2 heterocycles. The van der Waals surface area contributed by atoms with Crippen LogP contribution in [0.4, 0.5) is 0 Å². The van der Waals surface area contributed by atoms with E-state index in [1.165, 1.54) is 12.8 Å². The molecule has 0 radical (unpaired) electrons. The number of imidazole rings is 1. The Labute approximate surface area is 114 Å². The van der Waals surface area contributed by atoms with E-state index in [-0.39, 0.29) is 0 Å². The Balaban J connectivity index is 1.54. The van der Waals surface area contributed by atoms with E-state index in [0.29, 0.717) is 6.10 Å². The Morgan fingerprint density at radius 3 is 3.16 bits per heavy atom. The second-order valence-corrected chi connectivity index (χ2v) is 5.54. The first-order valence-corrected chi connectivity index (χ1v) is 7.42. The first-order chi connectivity index (χ1) is 9.35. The Bertz CT molecular complexity index is 402. The van der Waals surface area contributed by atoms with Gasteiger partial charge in [0.15, 0.2) is 0 Å². The van der Waals surface area contributed by atoms with Crippen molar-refractivity contribution in [3.8, 4) is 0 Å². The number of hydrogen-bond acceptors (Lipinski definition) is 4. The lowest BCUT2D eigenvalue weighted by atomic mass is 10.2. The first-order valence-electron chi connectivity index (χ1n) is 7.42. The smallest absolute Gasteiger partial charge is 0.122 e. The van der Waals surface area contributed by atoms with E-state index in [0.717, 1.165) is 51.2 Å². The average Bonchev–Trinajstić information content (AvgIpc) is 3.17. The third-order valence-electron chi connectivity index (χ3n) is 4.00. The van der Waals surface area contributed by atoms with Crippen LogP contribution in [0.1, 0.15) is 25.6 Å². The van der Waals surface area contributed by atoms with Crippen LogP contribution in [0.15, 0.2) is 12.4 Å². The van der Waals surface area contributed by atoms with Gasteiger partial charge in [-0.2, -0.15) is 0 Å². The molecular weight excluding hydrogens is 240 g/mol. The van der Waals surface area contributed by atoms with Gasteiger partial charge < -0.3 is 14.6 Å². The zero-order chi connectivity index (χ0) is 13.1. The highest BCUT2D eigenvalue weighted by atomic mass is 16.5. The number of hydrogen-bond donors (Lipinski definition) is 1. The van der Waals surface area contributed by atoms with Gasteiger partial charge in [0, 0.05) is 31.5 Å². The summed E-state index contributed by atoms with van der Waals surface area (Å²) in [5.74, 6) is 1.13. The lowest BCUT2D eigenvalue weighted by Gasteiger charge is -2.32. The normalized spacial score (nSPS) is 24.8. The largest absolute Gasteiger partial charge is 0.374 e. The molecule has 5 heteroatoms. The highest BCUT2D eigenvalue weighted by Gasteiger charge is 2.22. The second kappa shape index (κ2) is 6.03. The Morgan fingerprint density at radius 1 is 1.47 bits per heavy atom. The summed E-state index contributed by atoms with van der Waals surface area (Å²) in [7, 11) is 0. The van der Waals surface area contributed by atoms with Crippen molar-refractivity contribution in [2.75, 3.05) is 26.2 Å². The molecule has 0 bridgehead atoms. The molecule has 1 saturated heterocycles. The third kappa shape index (κ3) is 3.55. The molecule has 2 aliphatic rings.